The molecule has 0 aliphatic rings. The maximum absolute atomic E-state index is 7.69. The van der Waals surface area contributed by atoms with Gasteiger partial charge in [0.05, 0.1) is 0 Å². The Morgan fingerprint density at radius 3 is 1.57 bits per heavy atom. The van der Waals surface area contributed by atoms with Crippen LogP contribution in [0.5, 0.6) is 0 Å². The molecule has 0 radical (unpaired) electrons. The molecule has 4 heteroatoms. The first-order chi connectivity index (χ1) is 3.27. The van der Waals surface area contributed by atoms with E-state index in [1.807, 2.05) is 0 Å². The molecule has 0 aromatic carbocycles. The summed E-state index contributed by atoms with van der Waals surface area (Å²) in [6.07, 6.45) is 0. The van der Waals surface area contributed by atoms with Crippen molar-refractivity contribution in [2.75, 3.05) is 7.11 Å². The summed E-state index contributed by atoms with van der Waals surface area (Å²) < 4.78 is 3.86. The summed E-state index contributed by atoms with van der Waals surface area (Å²) in [7, 11) is -0.417. The van der Waals surface area contributed by atoms with E-state index in [1.165, 1.54) is 7.11 Å². The van der Waals surface area contributed by atoms with Crippen LogP contribution < -0.4 is 0 Å². The Morgan fingerprint density at radius 2 is 1.57 bits per heavy atom. The minimum absolute atomic E-state index is 1.20. The third kappa shape index (κ3) is 27.2. The van der Waals surface area contributed by atoms with Gasteiger partial charge in [0.1, 0.15) is 0 Å². The van der Waals surface area contributed by atoms with Gasteiger partial charge < -0.3 is 14.7 Å². The van der Waals surface area contributed by atoms with Gasteiger partial charge in [0.15, 0.2) is 0 Å². The third-order valence-corrected chi connectivity index (χ3v) is 0.211. The quantitative estimate of drug-likeness (QED) is 0.345. The highest BCUT2D eigenvalue weighted by atomic mass is 16.6. The summed E-state index contributed by atoms with van der Waals surface area (Å²) in [5.41, 5.74) is 0. The van der Waals surface area contributed by atoms with Crippen LogP contribution in [0.2, 0.25) is 0 Å². The Balaban J connectivity index is 0. The van der Waals surface area contributed by atoms with E-state index in [2.05, 4.69) is 17.8 Å². The largest absolute Gasteiger partial charge is 0.633 e. The average Bonchev–Trinajstić information content (AvgIpc) is 1.73. The lowest BCUT2D eigenvalue weighted by atomic mass is 10.3. The summed E-state index contributed by atoms with van der Waals surface area (Å²) in [5.74, 6) is 0. The van der Waals surface area contributed by atoms with Crippen LogP contribution in [0.4, 0.5) is 0 Å². The molecule has 0 atom stereocenters. The predicted octanol–water partition coefficient (Wildman–Crippen LogP) is -0.596. The SMILES string of the molecule is C=C.COB(O)O. The van der Waals surface area contributed by atoms with Crippen molar-refractivity contribution < 1.29 is 14.7 Å². The van der Waals surface area contributed by atoms with Crippen molar-refractivity contribution in [3.63, 3.8) is 0 Å². The summed E-state index contributed by atoms with van der Waals surface area (Å²) >= 11 is 0. The second-order valence-electron chi connectivity index (χ2n) is 0.562. The van der Waals surface area contributed by atoms with Gasteiger partial charge in [-0.05, 0) is 0 Å². The zero-order valence-corrected chi connectivity index (χ0v) is 4.29. The third-order valence-electron chi connectivity index (χ3n) is 0.211. The Hall–Kier alpha value is -0.315. The molecule has 0 spiro atoms. The standard InChI is InChI=1S/C2H4.CH5BO3/c1-2;1-5-2(3)4/h1-2H2;3-4H,1H3. The van der Waals surface area contributed by atoms with Crippen LogP contribution in [-0.2, 0) is 4.65 Å². The molecule has 42 valence electrons. The molecule has 3 nitrogen and oxygen atoms in total. The van der Waals surface area contributed by atoms with Gasteiger partial charge in [-0.15, -0.1) is 13.2 Å². The fourth-order valence-corrected chi connectivity index (χ4v) is 0. The van der Waals surface area contributed by atoms with Crippen molar-refractivity contribution in [2.24, 2.45) is 0 Å². The molecule has 0 aromatic heterocycles. The molecule has 0 aliphatic heterocycles. The Labute approximate surface area is 43.4 Å². The molecule has 7 heavy (non-hydrogen) atoms. The highest BCUT2D eigenvalue weighted by Gasteiger charge is 2.00. The molecule has 0 amide bonds. The van der Waals surface area contributed by atoms with E-state index < -0.39 is 7.32 Å². The normalized spacial score (nSPS) is 6.14. The van der Waals surface area contributed by atoms with Crippen LogP contribution in [0.25, 0.3) is 0 Å². The fraction of sp³-hybridized carbons (Fsp3) is 0.333. The van der Waals surface area contributed by atoms with Crippen molar-refractivity contribution in [1.82, 2.24) is 0 Å². The Kier molecular flexibility index (Phi) is 12.9. The highest BCUT2D eigenvalue weighted by Crippen LogP contribution is 1.59. The Morgan fingerprint density at radius 1 is 1.43 bits per heavy atom. The fourth-order valence-electron chi connectivity index (χ4n) is 0. The van der Waals surface area contributed by atoms with Crippen molar-refractivity contribution in [1.29, 1.82) is 0 Å². The summed E-state index contributed by atoms with van der Waals surface area (Å²) in [4.78, 5) is 0. The van der Waals surface area contributed by atoms with Crippen molar-refractivity contribution in [3.05, 3.63) is 13.2 Å². The van der Waals surface area contributed by atoms with E-state index in [-0.39, 0.29) is 0 Å². The van der Waals surface area contributed by atoms with Gasteiger partial charge >= 0.3 is 7.32 Å². The minimum atomic E-state index is -1.62. The number of hydrogen-bond donors (Lipinski definition) is 2. The molecule has 0 heterocycles. The van der Waals surface area contributed by atoms with Crippen LogP contribution in [0.3, 0.4) is 0 Å². The molecule has 0 saturated heterocycles. The van der Waals surface area contributed by atoms with E-state index in [4.69, 9.17) is 10.0 Å². The van der Waals surface area contributed by atoms with Crippen LogP contribution in [0, 0.1) is 0 Å². The van der Waals surface area contributed by atoms with Crippen LogP contribution >= 0.6 is 0 Å². The molecule has 0 saturated carbocycles. The van der Waals surface area contributed by atoms with Crippen LogP contribution in [0.1, 0.15) is 0 Å². The summed E-state index contributed by atoms with van der Waals surface area (Å²) in [6, 6.07) is 0. The molecule has 2 N–H and O–H groups in total. The smallest absolute Gasteiger partial charge is 0.402 e. The highest BCUT2D eigenvalue weighted by molar-refractivity contribution is 6.32. The number of rotatable bonds is 1. The van der Waals surface area contributed by atoms with E-state index in [9.17, 15) is 0 Å². The molecule has 0 bridgehead atoms. The van der Waals surface area contributed by atoms with Gasteiger partial charge in [0.2, 0.25) is 0 Å². The monoisotopic (exact) mass is 104 g/mol. The zero-order valence-electron chi connectivity index (χ0n) is 4.29. The van der Waals surface area contributed by atoms with E-state index in [1.54, 1.807) is 0 Å². The van der Waals surface area contributed by atoms with E-state index in [0.29, 0.717) is 0 Å². The first kappa shape index (κ1) is 9.84. The maximum atomic E-state index is 7.69. The summed E-state index contributed by atoms with van der Waals surface area (Å²) in [5, 5.41) is 15.4. The van der Waals surface area contributed by atoms with Crippen molar-refractivity contribution >= 4 is 7.32 Å². The average molecular weight is 104 g/mol. The molecule has 0 unspecified atom stereocenters. The first-order valence-electron chi connectivity index (χ1n) is 1.66. The van der Waals surface area contributed by atoms with Gasteiger partial charge in [-0.2, -0.15) is 0 Å². The molecule has 0 aromatic rings. The van der Waals surface area contributed by atoms with Gasteiger partial charge in [-0.25, -0.2) is 0 Å². The van der Waals surface area contributed by atoms with Crippen molar-refractivity contribution in [3.8, 4) is 0 Å². The van der Waals surface area contributed by atoms with Gasteiger partial charge in [-0.1, -0.05) is 0 Å². The lowest BCUT2D eigenvalue weighted by Crippen LogP contribution is -2.12. The molecule has 0 aliphatic carbocycles. The van der Waals surface area contributed by atoms with Gasteiger partial charge in [0, 0.05) is 7.11 Å². The molecular formula is C3H9BO3. The van der Waals surface area contributed by atoms with Crippen molar-refractivity contribution in [2.45, 2.75) is 0 Å². The van der Waals surface area contributed by atoms with Gasteiger partial charge in [0.25, 0.3) is 0 Å². The van der Waals surface area contributed by atoms with E-state index in [0.717, 1.165) is 0 Å². The Bertz CT molecular complexity index is 31.4. The predicted molar refractivity (Wildman–Crippen MR) is 28.5 cm³/mol. The summed E-state index contributed by atoms with van der Waals surface area (Å²) in [6.45, 7) is 6.00. The minimum Gasteiger partial charge on any atom is -0.402 e. The van der Waals surface area contributed by atoms with E-state index >= 15 is 0 Å². The lowest BCUT2D eigenvalue weighted by Gasteiger charge is -1.84. The van der Waals surface area contributed by atoms with Crippen LogP contribution in [-0.4, -0.2) is 24.5 Å². The van der Waals surface area contributed by atoms with Crippen LogP contribution in [0.15, 0.2) is 13.2 Å². The zero-order chi connectivity index (χ0) is 6.28. The molecule has 0 rings (SSSR count). The molecule has 0 fully saturated rings. The topological polar surface area (TPSA) is 49.7 Å². The molecular weight excluding hydrogens is 94.8 g/mol. The second-order valence-corrected chi connectivity index (χ2v) is 0.562. The first-order valence-corrected chi connectivity index (χ1v) is 1.66. The van der Waals surface area contributed by atoms with Gasteiger partial charge in [-0.3, -0.25) is 0 Å². The number of hydrogen-bond acceptors (Lipinski definition) is 3. The maximum Gasteiger partial charge on any atom is 0.633 e. The lowest BCUT2D eigenvalue weighted by molar-refractivity contribution is 0.229. The second kappa shape index (κ2) is 9.19.